The molecular formula is C15H21N. The van der Waals surface area contributed by atoms with Crippen molar-refractivity contribution in [3.63, 3.8) is 0 Å². The molecule has 1 atom stereocenters. The Morgan fingerprint density at radius 3 is 2.69 bits per heavy atom. The van der Waals surface area contributed by atoms with E-state index in [1.54, 1.807) is 0 Å². The molecule has 86 valence electrons. The summed E-state index contributed by atoms with van der Waals surface area (Å²) in [7, 11) is 2.01. The van der Waals surface area contributed by atoms with Crippen LogP contribution in [0.4, 0.5) is 0 Å². The molecule has 0 heterocycles. The van der Waals surface area contributed by atoms with Crippen molar-refractivity contribution in [2.24, 2.45) is 0 Å². The molecular weight excluding hydrogens is 194 g/mol. The maximum Gasteiger partial charge on any atom is 0.0248 e. The summed E-state index contributed by atoms with van der Waals surface area (Å²) >= 11 is 0. The second-order valence-electron chi connectivity index (χ2n) is 4.80. The van der Waals surface area contributed by atoms with Crippen molar-refractivity contribution in [3.05, 3.63) is 41.0 Å². The Morgan fingerprint density at radius 2 is 2.06 bits per heavy atom. The smallest absolute Gasteiger partial charge is 0.0248 e. The zero-order chi connectivity index (χ0) is 11.5. The minimum atomic E-state index is 0.451. The van der Waals surface area contributed by atoms with Crippen molar-refractivity contribution >= 4 is 6.08 Å². The molecule has 1 unspecified atom stereocenters. The van der Waals surface area contributed by atoms with Crippen molar-refractivity contribution in [2.75, 3.05) is 7.05 Å². The second-order valence-corrected chi connectivity index (χ2v) is 4.80. The fraction of sp³-hybridized carbons (Fsp3) is 0.467. The molecule has 1 aliphatic carbocycles. The fourth-order valence-electron chi connectivity index (χ4n) is 2.01. The van der Waals surface area contributed by atoms with Crippen LogP contribution in [0.5, 0.6) is 0 Å². The van der Waals surface area contributed by atoms with Gasteiger partial charge in [0.2, 0.25) is 0 Å². The van der Waals surface area contributed by atoms with Crippen LogP contribution >= 0.6 is 0 Å². The number of likely N-dealkylation sites (N-methyl/N-ethyl adjacent to an activating group) is 1. The Kier molecular flexibility index (Phi) is 3.45. The van der Waals surface area contributed by atoms with Crippen molar-refractivity contribution in [1.82, 2.24) is 5.32 Å². The molecule has 16 heavy (non-hydrogen) atoms. The molecule has 1 aromatic carbocycles. The molecule has 1 aliphatic rings. The third-order valence-corrected chi connectivity index (χ3v) is 3.51. The van der Waals surface area contributed by atoms with E-state index in [0.29, 0.717) is 6.04 Å². The Balaban J connectivity index is 2.26. The van der Waals surface area contributed by atoms with Crippen LogP contribution in [0.2, 0.25) is 0 Å². The summed E-state index contributed by atoms with van der Waals surface area (Å²) in [6, 6.07) is 9.25. The number of hydrogen-bond acceptors (Lipinski definition) is 1. The maximum absolute atomic E-state index is 3.28. The van der Waals surface area contributed by atoms with E-state index < -0.39 is 0 Å². The summed E-state index contributed by atoms with van der Waals surface area (Å²) in [5.74, 6) is 0.824. The van der Waals surface area contributed by atoms with Crippen molar-refractivity contribution < 1.29 is 0 Å². The first kappa shape index (κ1) is 11.4. The maximum atomic E-state index is 3.28. The van der Waals surface area contributed by atoms with Gasteiger partial charge in [-0.2, -0.15) is 0 Å². The van der Waals surface area contributed by atoms with E-state index in [0.717, 1.165) is 5.92 Å². The Labute approximate surface area is 98.6 Å². The molecule has 1 N–H and O–H groups in total. The van der Waals surface area contributed by atoms with Gasteiger partial charge in [-0.1, -0.05) is 35.9 Å². The lowest BCUT2D eigenvalue weighted by atomic mass is 9.99. The first-order valence-corrected chi connectivity index (χ1v) is 6.16. The predicted octanol–water partition coefficient (Wildman–Crippen LogP) is 3.58. The van der Waals surface area contributed by atoms with E-state index in [1.165, 1.54) is 29.5 Å². The highest BCUT2D eigenvalue weighted by Gasteiger charge is 2.25. The topological polar surface area (TPSA) is 12.0 Å². The number of benzene rings is 1. The Bertz CT molecular complexity index is 388. The second kappa shape index (κ2) is 4.84. The van der Waals surface area contributed by atoms with E-state index in [2.05, 4.69) is 49.5 Å². The van der Waals surface area contributed by atoms with Gasteiger partial charge in [0.05, 0.1) is 0 Å². The number of hydrogen-bond donors (Lipinski definition) is 1. The van der Waals surface area contributed by atoms with E-state index in [9.17, 15) is 0 Å². The van der Waals surface area contributed by atoms with Gasteiger partial charge in [0.25, 0.3) is 0 Å². The van der Waals surface area contributed by atoms with Gasteiger partial charge in [-0.05, 0) is 50.8 Å². The van der Waals surface area contributed by atoms with Crippen LogP contribution < -0.4 is 5.32 Å². The third-order valence-electron chi connectivity index (χ3n) is 3.51. The molecule has 1 fully saturated rings. The van der Waals surface area contributed by atoms with E-state index >= 15 is 0 Å². The predicted molar refractivity (Wildman–Crippen MR) is 70.6 cm³/mol. The van der Waals surface area contributed by atoms with E-state index in [4.69, 9.17) is 0 Å². The van der Waals surface area contributed by atoms with Crippen LogP contribution in [0.15, 0.2) is 29.8 Å². The minimum absolute atomic E-state index is 0.451. The first-order valence-electron chi connectivity index (χ1n) is 6.16. The summed E-state index contributed by atoms with van der Waals surface area (Å²) < 4.78 is 0. The van der Waals surface area contributed by atoms with Crippen molar-refractivity contribution in [1.29, 1.82) is 0 Å². The number of nitrogens with one attached hydrogen (secondary N) is 1. The molecule has 0 saturated heterocycles. The Hall–Kier alpha value is -1.08. The van der Waals surface area contributed by atoms with E-state index in [1.807, 2.05) is 7.05 Å². The van der Waals surface area contributed by atoms with Crippen molar-refractivity contribution in [3.8, 4) is 0 Å². The van der Waals surface area contributed by atoms with Crippen LogP contribution in [-0.2, 0) is 0 Å². The quantitative estimate of drug-likeness (QED) is 0.809. The van der Waals surface area contributed by atoms with Gasteiger partial charge in [0.15, 0.2) is 0 Å². The molecule has 0 bridgehead atoms. The van der Waals surface area contributed by atoms with Crippen LogP contribution in [0, 0.1) is 0 Å². The molecule has 0 aromatic heterocycles. The summed E-state index contributed by atoms with van der Waals surface area (Å²) in [6.45, 7) is 4.40. The first-order chi connectivity index (χ1) is 7.72. The SMILES string of the molecule is CNC(C)/C(C)=C/c1ccccc1C1CC1. The Morgan fingerprint density at radius 1 is 1.38 bits per heavy atom. The number of rotatable bonds is 4. The zero-order valence-corrected chi connectivity index (χ0v) is 10.5. The van der Waals surface area contributed by atoms with Crippen LogP contribution in [0.1, 0.15) is 43.7 Å². The molecule has 1 nitrogen and oxygen atoms in total. The molecule has 1 aromatic rings. The van der Waals surface area contributed by atoms with Crippen LogP contribution in [0.3, 0.4) is 0 Å². The third kappa shape index (κ3) is 2.53. The standard InChI is InChI=1S/C15H21N/c1-11(12(2)16-3)10-14-6-4-5-7-15(14)13-8-9-13/h4-7,10,12-13,16H,8-9H2,1-3H3/b11-10+. The summed E-state index contributed by atoms with van der Waals surface area (Å²) in [5.41, 5.74) is 4.34. The highest BCUT2D eigenvalue weighted by Crippen LogP contribution is 2.42. The fourth-order valence-corrected chi connectivity index (χ4v) is 2.01. The summed E-state index contributed by atoms with van der Waals surface area (Å²) in [5, 5.41) is 3.28. The average Bonchev–Trinajstić information content (AvgIpc) is 3.12. The lowest BCUT2D eigenvalue weighted by Crippen LogP contribution is -2.22. The van der Waals surface area contributed by atoms with Gasteiger partial charge in [0.1, 0.15) is 0 Å². The molecule has 0 aliphatic heterocycles. The average molecular weight is 215 g/mol. The molecule has 0 amide bonds. The highest BCUT2D eigenvalue weighted by atomic mass is 14.9. The molecule has 1 saturated carbocycles. The summed E-state index contributed by atoms with van der Waals surface area (Å²) in [6.07, 6.45) is 5.06. The lowest BCUT2D eigenvalue weighted by molar-refractivity contribution is 0.696. The molecule has 1 heteroatoms. The van der Waals surface area contributed by atoms with Gasteiger partial charge in [-0.25, -0.2) is 0 Å². The van der Waals surface area contributed by atoms with Crippen molar-refractivity contribution in [2.45, 2.75) is 38.6 Å². The van der Waals surface area contributed by atoms with Crippen LogP contribution in [-0.4, -0.2) is 13.1 Å². The zero-order valence-electron chi connectivity index (χ0n) is 10.5. The lowest BCUT2D eigenvalue weighted by Gasteiger charge is -2.12. The van der Waals surface area contributed by atoms with Gasteiger partial charge in [-0.3, -0.25) is 0 Å². The summed E-state index contributed by atoms with van der Waals surface area (Å²) in [4.78, 5) is 0. The molecule has 0 radical (unpaired) electrons. The largest absolute Gasteiger partial charge is 0.314 e. The molecule has 2 rings (SSSR count). The monoisotopic (exact) mass is 215 g/mol. The highest BCUT2D eigenvalue weighted by molar-refractivity contribution is 5.58. The normalized spacial score (nSPS) is 18.6. The molecule has 0 spiro atoms. The van der Waals surface area contributed by atoms with E-state index in [-0.39, 0.29) is 0 Å². The van der Waals surface area contributed by atoms with Gasteiger partial charge < -0.3 is 5.32 Å². The van der Waals surface area contributed by atoms with Crippen LogP contribution in [0.25, 0.3) is 6.08 Å². The van der Waals surface area contributed by atoms with Gasteiger partial charge >= 0.3 is 0 Å². The van der Waals surface area contributed by atoms with Gasteiger partial charge in [-0.15, -0.1) is 0 Å². The van der Waals surface area contributed by atoms with Gasteiger partial charge in [0, 0.05) is 6.04 Å². The minimum Gasteiger partial charge on any atom is -0.314 e.